The van der Waals surface area contributed by atoms with Crippen molar-refractivity contribution in [3.05, 3.63) is 64.1 Å². The van der Waals surface area contributed by atoms with Crippen molar-refractivity contribution in [1.82, 2.24) is 15.2 Å². The molecule has 27 heavy (non-hydrogen) atoms. The Hall–Kier alpha value is -1.95. The van der Waals surface area contributed by atoms with Crippen molar-refractivity contribution >= 4 is 39.1 Å². The van der Waals surface area contributed by atoms with Gasteiger partial charge in [-0.2, -0.15) is 0 Å². The Balaban J connectivity index is 1.34. The quantitative estimate of drug-likeness (QED) is 0.689. The van der Waals surface area contributed by atoms with Crippen LogP contribution in [0.15, 0.2) is 48.5 Å². The maximum absolute atomic E-state index is 12.4. The van der Waals surface area contributed by atoms with Crippen molar-refractivity contribution in [2.45, 2.75) is 25.3 Å². The molecule has 1 saturated heterocycles. The topological polar surface area (TPSA) is 45.2 Å². The van der Waals surface area contributed by atoms with Crippen LogP contribution in [0.25, 0.3) is 10.2 Å². The average Bonchev–Trinajstić information content (AvgIpc) is 3.12. The Morgan fingerprint density at radius 3 is 2.89 bits per heavy atom. The van der Waals surface area contributed by atoms with Crippen LogP contribution in [0.4, 0.5) is 0 Å². The Labute approximate surface area is 168 Å². The molecule has 1 aliphatic heterocycles. The van der Waals surface area contributed by atoms with Crippen molar-refractivity contribution in [2.24, 2.45) is 0 Å². The molecule has 1 aliphatic rings. The van der Waals surface area contributed by atoms with E-state index in [4.69, 9.17) is 16.6 Å². The van der Waals surface area contributed by atoms with Gasteiger partial charge in [-0.1, -0.05) is 41.9 Å². The van der Waals surface area contributed by atoms with Crippen molar-refractivity contribution in [2.75, 3.05) is 19.6 Å². The van der Waals surface area contributed by atoms with E-state index in [9.17, 15) is 4.79 Å². The van der Waals surface area contributed by atoms with Crippen LogP contribution in [0.3, 0.4) is 0 Å². The first kappa shape index (κ1) is 18.4. The van der Waals surface area contributed by atoms with Gasteiger partial charge in [0.15, 0.2) is 0 Å². The maximum Gasteiger partial charge on any atom is 0.234 e. The number of halogens is 1. The number of para-hydroxylation sites is 1. The molecule has 0 unspecified atom stereocenters. The minimum atomic E-state index is 0.0415. The molecule has 0 radical (unpaired) electrons. The van der Waals surface area contributed by atoms with Gasteiger partial charge in [0.05, 0.1) is 21.8 Å². The number of carbonyl (C=O) groups excluding carboxylic acids is 1. The second-order valence-electron chi connectivity index (χ2n) is 6.96. The van der Waals surface area contributed by atoms with Crippen molar-refractivity contribution in [1.29, 1.82) is 0 Å². The van der Waals surface area contributed by atoms with E-state index >= 15 is 0 Å². The number of amides is 1. The second-order valence-corrected chi connectivity index (χ2v) is 8.43. The fourth-order valence-corrected chi connectivity index (χ4v) is 4.86. The molecule has 2 aromatic carbocycles. The molecule has 1 N–H and O–H groups in total. The first-order valence-electron chi connectivity index (χ1n) is 9.27. The first-order valence-corrected chi connectivity index (χ1v) is 10.5. The number of hydrogen-bond donors (Lipinski definition) is 1. The largest absolute Gasteiger partial charge is 0.351 e. The summed E-state index contributed by atoms with van der Waals surface area (Å²) in [5.41, 5.74) is 2.02. The minimum absolute atomic E-state index is 0.0415. The normalized spacial score (nSPS) is 17.9. The highest BCUT2D eigenvalue weighted by atomic mass is 35.5. The van der Waals surface area contributed by atoms with E-state index in [1.54, 1.807) is 11.3 Å². The molecule has 1 fully saturated rings. The molecule has 0 aliphatic carbocycles. The summed E-state index contributed by atoms with van der Waals surface area (Å²) in [4.78, 5) is 19.4. The molecule has 4 nitrogen and oxygen atoms in total. The number of nitrogens with zero attached hydrogens (tertiary/aromatic N) is 2. The number of nitrogens with one attached hydrogen (secondary N) is 1. The molecule has 0 spiro atoms. The number of rotatable bonds is 5. The monoisotopic (exact) mass is 399 g/mol. The lowest BCUT2D eigenvalue weighted by molar-refractivity contribution is -0.122. The Bertz CT molecular complexity index is 909. The van der Waals surface area contributed by atoms with Gasteiger partial charge in [0.2, 0.25) is 5.91 Å². The summed E-state index contributed by atoms with van der Waals surface area (Å²) in [5.74, 6) is 0.451. The van der Waals surface area contributed by atoms with E-state index in [0.29, 0.717) is 24.0 Å². The van der Waals surface area contributed by atoms with E-state index in [1.165, 1.54) is 9.71 Å². The number of likely N-dealkylation sites (tertiary alicyclic amines) is 1. The second kappa shape index (κ2) is 8.38. The molecular formula is C21H22ClN3OS. The molecule has 2 heterocycles. The van der Waals surface area contributed by atoms with Crippen molar-refractivity contribution in [3.8, 4) is 0 Å². The van der Waals surface area contributed by atoms with Gasteiger partial charge in [-0.15, -0.1) is 11.3 Å². The van der Waals surface area contributed by atoms with Gasteiger partial charge in [-0.25, -0.2) is 4.98 Å². The zero-order valence-corrected chi connectivity index (χ0v) is 16.6. The van der Waals surface area contributed by atoms with Crippen LogP contribution in [0, 0.1) is 0 Å². The molecule has 1 amide bonds. The lowest BCUT2D eigenvalue weighted by atomic mass is 9.99. The lowest BCUT2D eigenvalue weighted by Crippen LogP contribution is -2.41. The van der Waals surface area contributed by atoms with E-state index in [-0.39, 0.29) is 5.91 Å². The van der Waals surface area contributed by atoms with Crippen LogP contribution in [0.2, 0.25) is 5.02 Å². The van der Waals surface area contributed by atoms with E-state index in [1.807, 2.05) is 30.3 Å². The van der Waals surface area contributed by atoms with E-state index in [2.05, 4.69) is 28.4 Å². The molecule has 4 rings (SSSR count). The van der Waals surface area contributed by atoms with Crippen LogP contribution in [0.1, 0.15) is 29.3 Å². The van der Waals surface area contributed by atoms with Crippen LogP contribution >= 0.6 is 22.9 Å². The summed E-state index contributed by atoms with van der Waals surface area (Å²) < 4.78 is 1.24. The third-order valence-electron chi connectivity index (χ3n) is 4.97. The van der Waals surface area contributed by atoms with Gasteiger partial charge >= 0.3 is 0 Å². The van der Waals surface area contributed by atoms with Crippen LogP contribution < -0.4 is 5.32 Å². The van der Waals surface area contributed by atoms with E-state index < -0.39 is 0 Å². The predicted octanol–water partition coefficient (Wildman–Crippen LogP) is 4.45. The van der Waals surface area contributed by atoms with Gasteiger partial charge in [0, 0.05) is 24.0 Å². The summed E-state index contributed by atoms with van der Waals surface area (Å²) in [6.07, 6.45) is 2.23. The van der Waals surface area contributed by atoms with Gasteiger partial charge in [-0.3, -0.25) is 9.69 Å². The summed E-state index contributed by atoms with van der Waals surface area (Å²) in [6.45, 7) is 2.74. The average molecular weight is 400 g/mol. The van der Waals surface area contributed by atoms with Crippen LogP contribution in [0.5, 0.6) is 0 Å². The number of aromatic nitrogens is 1. The smallest absolute Gasteiger partial charge is 0.234 e. The number of piperidine rings is 1. The van der Waals surface area contributed by atoms with Gasteiger partial charge < -0.3 is 5.32 Å². The summed E-state index contributed by atoms with van der Waals surface area (Å²) in [7, 11) is 0. The zero-order chi connectivity index (χ0) is 18.6. The Kier molecular flexibility index (Phi) is 5.72. The predicted molar refractivity (Wildman–Crippen MR) is 111 cm³/mol. The molecule has 140 valence electrons. The molecule has 1 atom stereocenters. The van der Waals surface area contributed by atoms with Crippen molar-refractivity contribution < 1.29 is 4.79 Å². The Morgan fingerprint density at radius 2 is 2.04 bits per heavy atom. The van der Waals surface area contributed by atoms with E-state index in [0.717, 1.165) is 37.0 Å². The minimum Gasteiger partial charge on any atom is -0.351 e. The number of fused-ring (bicyclic) bond motifs is 1. The molecular weight excluding hydrogens is 378 g/mol. The number of carbonyl (C=O) groups is 1. The van der Waals surface area contributed by atoms with Gasteiger partial charge in [0.25, 0.3) is 0 Å². The third-order valence-corrected chi connectivity index (χ3v) is 6.53. The number of hydrogen-bond acceptors (Lipinski definition) is 4. The number of benzene rings is 2. The van der Waals surface area contributed by atoms with Crippen LogP contribution in [-0.2, 0) is 11.3 Å². The SMILES string of the molecule is O=C(CN1CCC[C@@H](c2nc3ccccc3s2)C1)NCc1ccccc1Cl. The Morgan fingerprint density at radius 1 is 1.22 bits per heavy atom. The van der Waals surface area contributed by atoms with Crippen molar-refractivity contribution in [3.63, 3.8) is 0 Å². The highest BCUT2D eigenvalue weighted by Crippen LogP contribution is 2.32. The lowest BCUT2D eigenvalue weighted by Gasteiger charge is -2.31. The molecule has 3 aromatic rings. The highest BCUT2D eigenvalue weighted by Gasteiger charge is 2.25. The zero-order valence-electron chi connectivity index (χ0n) is 15.0. The highest BCUT2D eigenvalue weighted by molar-refractivity contribution is 7.18. The molecule has 6 heteroatoms. The molecule has 1 aromatic heterocycles. The fraction of sp³-hybridized carbons (Fsp3) is 0.333. The van der Waals surface area contributed by atoms with Crippen LogP contribution in [-0.4, -0.2) is 35.4 Å². The summed E-state index contributed by atoms with van der Waals surface area (Å²) >= 11 is 7.93. The number of thiazole rings is 1. The van der Waals surface area contributed by atoms with Gasteiger partial charge in [-0.05, 0) is 43.1 Å². The maximum atomic E-state index is 12.4. The summed E-state index contributed by atoms with van der Waals surface area (Å²) in [6, 6.07) is 15.9. The fourth-order valence-electron chi connectivity index (χ4n) is 3.56. The molecule has 0 bridgehead atoms. The summed E-state index contributed by atoms with van der Waals surface area (Å²) in [5, 5.41) is 4.86. The standard InChI is InChI=1S/C21H22ClN3OS/c22-17-8-2-1-6-15(17)12-23-20(26)14-25-11-5-7-16(13-25)21-24-18-9-3-4-10-19(18)27-21/h1-4,6,8-10,16H,5,7,11-14H2,(H,23,26)/t16-/m1/s1. The third kappa shape index (κ3) is 4.49. The molecule has 0 saturated carbocycles. The first-order chi connectivity index (χ1) is 13.2. The van der Waals surface area contributed by atoms with Gasteiger partial charge in [0.1, 0.15) is 0 Å².